The van der Waals surface area contributed by atoms with Crippen molar-refractivity contribution in [2.75, 3.05) is 26.3 Å². The van der Waals surface area contributed by atoms with Crippen molar-refractivity contribution < 1.29 is 27.1 Å². The predicted molar refractivity (Wildman–Crippen MR) is 101 cm³/mol. The van der Waals surface area contributed by atoms with Gasteiger partial charge in [0.2, 0.25) is 22.3 Å². The molecule has 1 aliphatic rings. The molecular formula is C19H17N3O6S. The first-order valence-electron chi connectivity index (χ1n) is 8.81. The quantitative estimate of drug-likeness (QED) is 0.459. The van der Waals surface area contributed by atoms with Crippen LogP contribution in [0.4, 0.5) is 0 Å². The van der Waals surface area contributed by atoms with Crippen molar-refractivity contribution in [1.82, 2.24) is 14.5 Å². The van der Waals surface area contributed by atoms with Gasteiger partial charge in [0.25, 0.3) is 0 Å². The van der Waals surface area contributed by atoms with E-state index < -0.39 is 16.0 Å². The van der Waals surface area contributed by atoms with Crippen LogP contribution >= 0.6 is 0 Å². The molecule has 29 heavy (non-hydrogen) atoms. The number of esters is 1. The number of aromatic nitrogens is 2. The molecule has 0 amide bonds. The molecule has 9 nitrogen and oxygen atoms in total. The van der Waals surface area contributed by atoms with Crippen LogP contribution in [0.1, 0.15) is 10.4 Å². The second-order valence-corrected chi connectivity index (χ2v) is 8.14. The Hall–Kier alpha value is -3.08. The van der Waals surface area contributed by atoms with E-state index in [1.165, 1.54) is 35.0 Å². The number of ether oxygens (including phenoxy) is 2. The number of nitrogens with zero attached hydrogens (tertiary/aromatic N) is 3. The summed E-state index contributed by atoms with van der Waals surface area (Å²) in [7, 11) is -3.61. The van der Waals surface area contributed by atoms with Crippen molar-refractivity contribution >= 4 is 16.0 Å². The minimum atomic E-state index is -3.61. The summed E-state index contributed by atoms with van der Waals surface area (Å²) in [5.74, 6) is 0.106. The van der Waals surface area contributed by atoms with E-state index in [9.17, 15) is 13.2 Å². The second-order valence-electron chi connectivity index (χ2n) is 6.20. The lowest BCUT2D eigenvalue weighted by atomic mass is 10.2. The first-order chi connectivity index (χ1) is 14.0. The van der Waals surface area contributed by atoms with Gasteiger partial charge < -0.3 is 13.9 Å². The maximum absolute atomic E-state index is 12.6. The van der Waals surface area contributed by atoms with Gasteiger partial charge >= 0.3 is 5.97 Å². The molecule has 0 unspecified atom stereocenters. The van der Waals surface area contributed by atoms with Crippen molar-refractivity contribution in [3.05, 3.63) is 60.5 Å². The van der Waals surface area contributed by atoms with Gasteiger partial charge in [0.15, 0.2) is 0 Å². The molecule has 0 atom stereocenters. The third kappa shape index (κ3) is 4.19. The third-order valence-corrected chi connectivity index (χ3v) is 6.28. The highest BCUT2D eigenvalue weighted by Gasteiger charge is 2.26. The Kier molecular flexibility index (Phi) is 5.38. The van der Waals surface area contributed by atoms with E-state index in [0.29, 0.717) is 43.5 Å². The van der Waals surface area contributed by atoms with Crippen LogP contribution in [-0.2, 0) is 14.8 Å². The number of hydrogen-bond donors (Lipinski definition) is 0. The van der Waals surface area contributed by atoms with E-state index in [1.807, 2.05) is 0 Å². The Balaban J connectivity index is 1.44. The van der Waals surface area contributed by atoms with E-state index >= 15 is 0 Å². The molecule has 4 rings (SSSR count). The highest BCUT2D eigenvalue weighted by Crippen LogP contribution is 2.22. The molecule has 10 heteroatoms. The average molecular weight is 415 g/mol. The lowest BCUT2D eigenvalue weighted by Crippen LogP contribution is -2.40. The van der Waals surface area contributed by atoms with Crippen molar-refractivity contribution in [2.45, 2.75) is 4.90 Å². The molecule has 0 spiro atoms. The van der Waals surface area contributed by atoms with Gasteiger partial charge in [0, 0.05) is 18.7 Å². The van der Waals surface area contributed by atoms with Crippen LogP contribution in [0.2, 0.25) is 0 Å². The van der Waals surface area contributed by atoms with Crippen LogP contribution in [-0.4, -0.2) is 55.2 Å². The maximum Gasteiger partial charge on any atom is 0.343 e. The molecular weight excluding hydrogens is 398 g/mol. The van der Waals surface area contributed by atoms with Gasteiger partial charge in [-0.2, -0.15) is 4.31 Å². The molecule has 2 aromatic carbocycles. The Morgan fingerprint density at radius 1 is 1.00 bits per heavy atom. The van der Waals surface area contributed by atoms with Crippen LogP contribution in [0.15, 0.2) is 64.2 Å². The maximum atomic E-state index is 12.6. The van der Waals surface area contributed by atoms with Crippen LogP contribution in [0.3, 0.4) is 0 Å². The molecule has 0 saturated carbocycles. The number of sulfonamides is 1. The first-order valence-corrected chi connectivity index (χ1v) is 10.2. The molecule has 0 N–H and O–H groups in total. The number of morpholine rings is 1. The molecule has 1 fully saturated rings. The number of carbonyl (C=O) groups excluding carboxylic acids is 1. The third-order valence-electron chi connectivity index (χ3n) is 4.37. The summed E-state index contributed by atoms with van der Waals surface area (Å²) < 4.78 is 42.2. The normalized spacial score (nSPS) is 15.2. The molecule has 0 aliphatic carbocycles. The molecule has 150 valence electrons. The fourth-order valence-electron chi connectivity index (χ4n) is 2.83. The monoisotopic (exact) mass is 415 g/mol. The zero-order chi connectivity index (χ0) is 20.3. The van der Waals surface area contributed by atoms with Gasteiger partial charge in [-0.15, -0.1) is 10.2 Å². The number of rotatable bonds is 5. The summed E-state index contributed by atoms with van der Waals surface area (Å²) in [6.07, 6.45) is 1.23. The van der Waals surface area contributed by atoms with Gasteiger partial charge in [0.05, 0.1) is 23.7 Å². The van der Waals surface area contributed by atoms with Gasteiger partial charge in [0.1, 0.15) is 5.75 Å². The zero-order valence-electron chi connectivity index (χ0n) is 15.2. The number of carbonyl (C=O) groups is 1. The Morgan fingerprint density at radius 2 is 1.69 bits per heavy atom. The molecule has 2 heterocycles. The summed E-state index contributed by atoms with van der Waals surface area (Å²) in [6.45, 7) is 1.36. The summed E-state index contributed by atoms with van der Waals surface area (Å²) in [5.41, 5.74) is 0.937. The molecule has 0 bridgehead atoms. The Bertz CT molecular complexity index is 1070. The molecule has 1 aliphatic heterocycles. The molecule has 1 aromatic heterocycles. The van der Waals surface area contributed by atoms with E-state index in [-0.39, 0.29) is 10.5 Å². The van der Waals surface area contributed by atoms with Gasteiger partial charge in [-0.05, 0) is 48.5 Å². The van der Waals surface area contributed by atoms with Crippen molar-refractivity contribution in [1.29, 1.82) is 0 Å². The fraction of sp³-hybridized carbons (Fsp3) is 0.211. The van der Waals surface area contributed by atoms with Crippen molar-refractivity contribution in [2.24, 2.45) is 0 Å². The van der Waals surface area contributed by atoms with Crippen LogP contribution in [0, 0.1) is 0 Å². The number of benzene rings is 2. The highest BCUT2D eigenvalue weighted by molar-refractivity contribution is 7.89. The predicted octanol–water partition coefficient (Wildman–Crippen LogP) is 1.98. The zero-order valence-corrected chi connectivity index (χ0v) is 16.0. The van der Waals surface area contributed by atoms with Crippen LogP contribution in [0.5, 0.6) is 5.75 Å². The minimum absolute atomic E-state index is 0.125. The van der Waals surface area contributed by atoms with E-state index in [1.54, 1.807) is 24.3 Å². The lowest BCUT2D eigenvalue weighted by molar-refractivity contribution is 0.0730. The van der Waals surface area contributed by atoms with Crippen LogP contribution in [0.25, 0.3) is 11.5 Å². The Morgan fingerprint density at radius 3 is 2.31 bits per heavy atom. The standard InChI is InChI=1S/C19H17N3O6S/c23-19(28-16-5-1-14(2-6-16)18-21-20-13-27-18)15-3-7-17(8-4-15)29(24,25)22-9-11-26-12-10-22/h1-8,13H,9-12H2. The Labute approximate surface area is 166 Å². The van der Waals surface area contributed by atoms with E-state index in [4.69, 9.17) is 13.9 Å². The summed E-state index contributed by atoms with van der Waals surface area (Å²) in [5, 5.41) is 7.41. The summed E-state index contributed by atoms with van der Waals surface area (Å²) >= 11 is 0. The smallest absolute Gasteiger partial charge is 0.343 e. The SMILES string of the molecule is O=C(Oc1ccc(-c2nnco2)cc1)c1ccc(S(=O)(=O)N2CCOCC2)cc1. The van der Waals surface area contributed by atoms with E-state index in [0.717, 1.165) is 0 Å². The minimum Gasteiger partial charge on any atom is -0.423 e. The molecule has 1 saturated heterocycles. The van der Waals surface area contributed by atoms with Crippen molar-refractivity contribution in [3.8, 4) is 17.2 Å². The highest BCUT2D eigenvalue weighted by atomic mass is 32.2. The topological polar surface area (TPSA) is 112 Å². The van der Waals surface area contributed by atoms with Gasteiger partial charge in [-0.3, -0.25) is 0 Å². The first kappa shape index (κ1) is 19.2. The summed E-state index contributed by atoms with van der Waals surface area (Å²) in [6, 6.07) is 12.3. The van der Waals surface area contributed by atoms with Crippen LogP contribution < -0.4 is 4.74 Å². The molecule has 0 radical (unpaired) electrons. The largest absolute Gasteiger partial charge is 0.423 e. The van der Waals surface area contributed by atoms with Gasteiger partial charge in [-0.1, -0.05) is 0 Å². The van der Waals surface area contributed by atoms with E-state index in [2.05, 4.69) is 10.2 Å². The van der Waals surface area contributed by atoms with Gasteiger partial charge in [-0.25, -0.2) is 13.2 Å². The fourth-order valence-corrected chi connectivity index (χ4v) is 4.24. The second kappa shape index (κ2) is 8.11. The lowest BCUT2D eigenvalue weighted by Gasteiger charge is -2.26. The number of hydrogen-bond acceptors (Lipinski definition) is 8. The molecule has 3 aromatic rings. The van der Waals surface area contributed by atoms with Crippen molar-refractivity contribution in [3.63, 3.8) is 0 Å². The average Bonchev–Trinajstić information content (AvgIpc) is 3.30. The summed E-state index contributed by atoms with van der Waals surface area (Å²) in [4.78, 5) is 12.5.